The van der Waals surface area contributed by atoms with Crippen LogP contribution in [-0.2, 0) is 25.5 Å². The maximum Gasteiger partial charge on any atom is 0.410 e. The van der Waals surface area contributed by atoms with Crippen LogP contribution >= 0.6 is 0 Å². The van der Waals surface area contributed by atoms with Gasteiger partial charge in [0.1, 0.15) is 22.8 Å². The molecule has 0 aliphatic carbocycles. The highest BCUT2D eigenvalue weighted by atomic mass is 16.7. The number of nitrogens with one attached hydrogen (secondary N) is 2. The minimum Gasteiger partial charge on any atom is -0.467 e. The summed E-state index contributed by atoms with van der Waals surface area (Å²) in [6.45, 7) is 5.32. The standard InChI is InChI=1S/C22H34N6O7/c1-22(2,3)35-21(31)27(4)17(14-15-10-7-6-8-11-15)18(29)25-16(19(30)34-5)12-9-13-24-20(23)26-28(32)33/h6-8,10-11,16-17H,9,12-14H2,1-5H3,(H,25,29)(H3,23,24,26)/t16-,17-/m0/s1. The van der Waals surface area contributed by atoms with Crippen LogP contribution in [0.15, 0.2) is 35.4 Å². The normalized spacial score (nSPS) is 13.2. The molecule has 0 heterocycles. The average Bonchev–Trinajstić information content (AvgIpc) is 2.77. The molecule has 1 aromatic carbocycles. The molecule has 1 rings (SSSR count). The number of hydrogen-bond donors (Lipinski definition) is 3. The first-order chi connectivity index (χ1) is 16.3. The Morgan fingerprint density at radius 3 is 2.40 bits per heavy atom. The Bertz CT molecular complexity index is 901. The van der Waals surface area contributed by atoms with Gasteiger partial charge in [-0.25, -0.2) is 19.7 Å². The fraction of sp³-hybridized carbons (Fsp3) is 0.545. The molecule has 13 nitrogen and oxygen atoms in total. The summed E-state index contributed by atoms with van der Waals surface area (Å²) < 4.78 is 10.2. The smallest absolute Gasteiger partial charge is 0.410 e. The number of guanidine groups is 1. The van der Waals surface area contributed by atoms with Crippen molar-refractivity contribution in [2.75, 3.05) is 20.7 Å². The molecule has 0 fully saturated rings. The third-order valence-corrected chi connectivity index (χ3v) is 4.69. The van der Waals surface area contributed by atoms with Crippen molar-refractivity contribution in [2.45, 2.75) is 57.7 Å². The SMILES string of the molecule is COC(=O)[C@H](CCCNC(N)=N[N+](=O)[O-])NC(=O)[C@H](Cc1ccccc1)N(C)C(=O)OC(C)(C)C. The van der Waals surface area contributed by atoms with E-state index >= 15 is 0 Å². The van der Waals surface area contributed by atoms with E-state index in [0.717, 1.165) is 5.56 Å². The molecule has 1 aromatic rings. The first kappa shape index (κ1) is 29.1. The second-order valence-electron chi connectivity index (χ2n) is 8.67. The van der Waals surface area contributed by atoms with Crippen molar-refractivity contribution >= 4 is 23.9 Å². The van der Waals surface area contributed by atoms with Crippen LogP contribution in [0.1, 0.15) is 39.2 Å². The van der Waals surface area contributed by atoms with Crippen LogP contribution in [-0.4, -0.2) is 72.2 Å². The largest absolute Gasteiger partial charge is 0.467 e. The minimum atomic E-state index is -1.02. The van der Waals surface area contributed by atoms with E-state index in [2.05, 4.69) is 15.7 Å². The molecule has 13 heteroatoms. The Morgan fingerprint density at radius 1 is 1.23 bits per heavy atom. The summed E-state index contributed by atoms with van der Waals surface area (Å²) in [5, 5.41) is 17.5. The molecule has 0 saturated heterocycles. The van der Waals surface area contributed by atoms with E-state index in [4.69, 9.17) is 15.2 Å². The van der Waals surface area contributed by atoms with E-state index in [1.54, 1.807) is 20.8 Å². The maximum atomic E-state index is 13.3. The molecular weight excluding hydrogens is 460 g/mol. The molecule has 35 heavy (non-hydrogen) atoms. The van der Waals surface area contributed by atoms with Gasteiger partial charge < -0.3 is 25.8 Å². The van der Waals surface area contributed by atoms with Crippen LogP contribution < -0.4 is 16.4 Å². The number of carbonyl (C=O) groups excluding carboxylic acids is 3. The number of benzene rings is 1. The van der Waals surface area contributed by atoms with Crippen molar-refractivity contribution < 1.29 is 28.9 Å². The Kier molecular flexibility index (Phi) is 11.4. The molecule has 0 bridgehead atoms. The summed E-state index contributed by atoms with van der Waals surface area (Å²) in [6.07, 6.45) is -0.0518. The number of methoxy groups -OCH3 is 1. The van der Waals surface area contributed by atoms with Crippen LogP contribution in [0.25, 0.3) is 0 Å². The second-order valence-corrected chi connectivity index (χ2v) is 8.67. The van der Waals surface area contributed by atoms with Crippen molar-refractivity contribution in [3.8, 4) is 0 Å². The zero-order chi connectivity index (χ0) is 26.6. The second kappa shape index (κ2) is 13.7. The zero-order valence-corrected chi connectivity index (χ0v) is 20.6. The van der Waals surface area contributed by atoms with Crippen molar-refractivity contribution in [2.24, 2.45) is 10.8 Å². The fourth-order valence-corrected chi connectivity index (χ4v) is 3.01. The van der Waals surface area contributed by atoms with Gasteiger partial charge in [0, 0.05) is 20.0 Å². The lowest BCUT2D eigenvalue weighted by Gasteiger charge is -2.31. The van der Waals surface area contributed by atoms with Crippen molar-refractivity contribution in [3.63, 3.8) is 0 Å². The summed E-state index contributed by atoms with van der Waals surface area (Å²) >= 11 is 0. The minimum absolute atomic E-state index is 0.144. The number of hydrazone groups is 1. The molecule has 194 valence electrons. The summed E-state index contributed by atoms with van der Waals surface area (Å²) in [4.78, 5) is 49.7. The predicted molar refractivity (Wildman–Crippen MR) is 128 cm³/mol. The lowest BCUT2D eigenvalue weighted by molar-refractivity contribution is -0.485. The van der Waals surface area contributed by atoms with Crippen LogP contribution in [0.4, 0.5) is 4.79 Å². The molecule has 0 spiro atoms. The van der Waals surface area contributed by atoms with Crippen LogP contribution in [0.3, 0.4) is 0 Å². The number of ether oxygens (including phenoxy) is 2. The van der Waals surface area contributed by atoms with Crippen LogP contribution in [0.5, 0.6) is 0 Å². The van der Waals surface area contributed by atoms with Gasteiger partial charge in [0.05, 0.1) is 7.11 Å². The van der Waals surface area contributed by atoms with Crippen LogP contribution in [0, 0.1) is 10.1 Å². The van der Waals surface area contributed by atoms with Gasteiger partial charge in [-0.3, -0.25) is 9.69 Å². The first-order valence-electron chi connectivity index (χ1n) is 10.9. The molecule has 0 aromatic heterocycles. The number of hydrogen-bond acceptors (Lipinski definition) is 7. The maximum absolute atomic E-state index is 13.3. The number of carbonyl (C=O) groups is 3. The van der Waals surface area contributed by atoms with Gasteiger partial charge in [0.15, 0.2) is 5.03 Å². The number of amides is 2. The van der Waals surface area contributed by atoms with E-state index < -0.39 is 40.7 Å². The quantitative estimate of drug-likeness (QED) is 0.101. The lowest BCUT2D eigenvalue weighted by atomic mass is 10.0. The first-order valence-corrected chi connectivity index (χ1v) is 10.9. The third kappa shape index (κ3) is 11.2. The summed E-state index contributed by atoms with van der Waals surface area (Å²) in [5.41, 5.74) is 5.41. The van der Waals surface area contributed by atoms with Gasteiger partial charge in [-0.2, -0.15) is 0 Å². The van der Waals surface area contributed by atoms with Gasteiger partial charge in [0.2, 0.25) is 5.91 Å². The van der Waals surface area contributed by atoms with Gasteiger partial charge in [-0.05, 0) is 39.2 Å². The van der Waals surface area contributed by atoms with Gasteiger partial charge in [0.25, 0.3) is 5.96 Å². The van der Waals surface area contributed by atoms with Crippen molar-refractivity contribution in [3.05, 3.63) is 46.0 Å². The highest BCUT2D eigenvalue weighted by molar-refractivity contribution is 5.89. The summed E-state index contributed by atoms with van der Waals surface area (Å²) in [5.74, 6) is -1.63. The van der Waals surface area contributed by atoms with Crippen molar-refractivity contribution in [1.82, 2.24) is 15.5 Å². The van der Waals surface area contributed by atoms with E-state index in [-0.39, 0.29) is 25.3 Å². The fourth-order valence-electron chi connectivity index (χ4n) is 3.01. The molecule has 0 unspecified atom stereocenters. The molecule has 0 radical (unpaired) electrons. The zero-order valence-electron chi connectivity index (χ0n) is 20.6. The average molecular weight is 495 g/mol. The Hall–Kier alpha value is -3.90. The molecule has 2 amide bonds. The predicted octanol–water partition coefficient (Wildman–Crippen LogP) is 0.999. The molecule has 2 atom stereocenters. The van der Waals surface area contributed by atoms with Gasteiger partial charge in [-0.15, -0.1) is 0 Å². The topological polar surface area (TPSA) is 178 Å². The lowest BCUT2D eigenvalue weighted by Crippen LogP contribution is -2.54. The Morgan fingerprint density at radius 2 is 1.86 bits per heavy atom. The number of likely N-dealkylation sites (N-methyl/N-ethyl adjacent to an activating group) is 1. The number of esters is 1. The van der Waals surface area contributed by atoms with E-state index in [1.807, 2.05) is 30.3 Å². The molecule has 0 aliphatic rings. The number of rotatable bonds is 11. The molecule has 0 aliphatic heterocycles. The highest BCUT2D eigenvalue weighted by Gasteiger charge is 2.33. The molecule has 0 saturated carbocycles. The summed E-state index contributed by atoms with van der Waals surface area (Å²) in [7, 11) is 2.64. The monoisotopic (exact) mass is 494 g/mol. The number of nitrogens with zero attached hydrogens (tertiary/aromatic N) is 3. The Balaban J connectivity index is 2.97. The number of nitrogens with two attached hydrogens (primary N) is 1. The third-order valence-electron chi connectivity index (χ3n) is 4.69. The molecule has 4 N–H and O–H groups in total. The molecular formula is C22H34N6O7. The van der Waals surface area contributed by atoms with E-state index in [1.165, 1.54) is 19.1 Å². The van der Waals surface area contributed by atoms with E-state index in [9.17, 15) is 24.5 Å². The summed E-state index contributed by atoms with van der Waals surface area (Å²) in [6, 6.07) is 7.12. The van der Waals surface area contributed by atoms with Crippen LogP contribution in [0.2, 0.25) is 0 Å². The van der Waals surface area contributed by atoms with Crippen molar-refractivity contribution in [1.29, 1.82) is 0 Å². The Labute approximate surface area is 204 Å². The van der Waals surface area contributed by atoms with Gasteiger partial charge in [-0.1, -0.05) is 30.3 Å². The van der Waals surface area contributed by atoms with Gasteiger partial charge >= 0.3 is 12.1 Å². The van der Waals surface area contributed by atoms with E-state index in [0.29, 0.717) is 6.42 Å². The highest BCUT2D eigenvalue weighted by Crippen LogP contribution is 2.15. The number of nitro groups is 1.